The number of nitrogens with zero attached hydrogens (tertiary/aromatic N) is 3. The molecule has 0 radical (unpaired) electrons. The molecule has 31 heavy (non-hydrogen) atoms. The van der Waals surface area contributed by atoms with Gasteiger partial charge in [0.15, 0.2) is 5.13 Å². The van der Waals surface area contributed by atoms with Crippen LogP contribution in [0.2, 0.25) is 0 Å². The number of benzene rings is 2. The molecule has 0 atom stereocenters. The van der Waals surface area contributed by atoms with Gasteiger partial charge in [0.2, 0.25) is 5.91 Å². The van der Waals surface area contributed by atoms with Crippen LogP contribution in [0.4, 0.5) is 5.13 Å². The number of hydrogen-bond acceptors (Lipinski definition) is 4. The molecule has 1 heterocycles. The number of rotatable bonds is 8. The molecule has 0 aliphatic rings. The monoisotopic (exact) mass is 523 g/mol. The summed E-state index contributed by atoms with van der Waals surface area (Å²) in [7, 11) is 0. The molecule has 2 aromatic carbocycles. The highest BCUT2D eigenvalue weighted by Crippen LogP contribution is 2.31. The largest absolute Gasteiger partial charge is 0.302 e. The van der Waals surface area contributed by atoms with Gasteiger partial charge >= 0.3 is 0 Å². The highest BCUT2D eigenvalue weighted by Gasteiger charge is 2.22. The summed E-state index contributed by atoms with van der Waals surface area (Å²) in [6.07, 6.45) is 0.399. The summed E-state index contributed by atoms with van der Waals surface area (Å²) in [5, 5.41) is 0.780. The second kappa shape index (κ2) is 11.4. The van der Waals surface area contributed by atoms with Crippen LogP contribution in [0, 0.1) is 20.8 Å². The molecule has 1 aromatic heterocycles. The van der Waals surface area contributed by atoms with E-state index in [0.717, 1.165) is 45.0 Å². The van der Waals surface area contributed by atoms with E-state index in [4.69, 9.17) is 4.98 Å². The first-order valence-electron chi connectivity index (χ1n) is 10.5. The van der Waals surface area contributed by atoms with Gasteiger partial charge in [0.1, 0.15) is 0 Å². The lowest BCUT2D eigenvalue weighted by atomic mass is 9.97. The number of anilines is 1. The van der Waals surface area contributed by atoms with Crippen LogP contribution in [0.1, 0.15) is 36.1 Å². The van der Waals surface area contributed by atoms with E-state index in [0.29, 0.717) is 13.0 Å². The van der Waals surface area contributed by atoms with Crippen molar-refractivity contribution in [1.82, 2.24) is 9.88 Å². The number of likely N-dealkylation sites (N-methyl/N-ethyl adjacent to an activating group) is 1. The lowest BCUT2D eigenvalue weighted by Crippen LogP contribution is -2.39. The van der Waals surface area contributed by atoms with E-state index in [1.54, 1.807) is 11.3 Å². The molecule has 7 heteroatoms. The van der Waals surface area contributed by atoms with Crippen LogP contribution in [0.15, 0.2) is 34.8 Å². The van der Waals surface area contributed by atoms with Gasteiger partial charge in [-0.3, -0.25) is 9.69 Å². The molecule has 168 valence electrons. The third kappa shape index (κ3) is 6.28. The highest BCUT2D eigenvalue weighted by molar-refractivity contribution is 9.10. The summed E-state index contributed by atoms with van der Waals surface area (Å²) in [4.78, 5) is 22.5. The normalized spacial score (nSPS) is 11.1. The Balaban J connectivity index is 0.00000341. The molecule has 3 aromatic rings. The minimum Gasteiger partial charge on any atom is -0.302 e. The molecule has 3 rings (SSSR count). The minimum absolute atomic E-state index is 0. The van der Waals surface area contributed by atoms with Crippen LogP contribution in [-0.4, -0.2) is 42.0 Å². The van der Waals surface area contributed by atoms with Crippen LogP contribution in [0.3, 0.4) is 0 Å². The molecule has 1 amide bonds. The molecule has 0 fully saturated rings. The van der Waals surface area contributed by atoms with Crippen LogP contribution in [-0.2, 0) is 11.2 Å². The highest BCUT2D eigenvalue weighted by atomic mass is 79.9. The first kappa shape index (κ1) is 25.8. The van der Waals surface area contributed by atoms with Crippen molar-refractivity contribution >= 4 is 60.9 Å². The maximum Gasteiger partial charge on any atom is 0.233 e. The summed E-state index contributed by atoms with van der Waals surface area (Å²) in [6, 6.07) is 10.4. The van der Waals surface area contributed by atoms with E-state index in [1.807, 2.05) is 17.0 Å². The van der Waals surface area contributed by atoms with E-state index >= 15 is 0 Å². The topological polar surface area (TPSA) is 36.4 Å². The maximum absolute atomic E-state index is 13.5. The average molecular weight is 525 g/mol. The van der Waals surface area contributed by atoms with E-state index in [2.05, 4.69) is 73.6 Å². The molecule has 4 nitrogen and oxygen atoms in total. The molecular formula is C24H31BrClN3OS. The van der Waals surface area contributed by atoms with Crippen LogP contribution in [0.5, 0.6) is 0 Å². The number of fused-ring (bicyclic) bond motifs is 1. The first-order chi connectivity index (χ1) is 14.3. The van der Waals surface area contributed by atoms with Gasteiger partial charge in [-0.15, -0.1) is 12.4 Å². The average Bonchev–Trinajstić information content (AvgIpc) is 3.10. The predicted molar refractivity (Wildman–Crippen MR) is 139 cm³/mol. The van der Waals surface area contributed by atoms with Crippen LogP contribution < -0.4 is 4.90 Å². The van der Waals surface area contributed by atoms with Crippen LogP contribution in [0.25, 0.3) is 10.2 Å². The smallest absolute Gasteiger partial charge is 0.233 e. The van der Waals surface area contributed by atoms with E-state index in [9.17, 15) is 4.79 Å². The maximum atomic E-state index is 13.5. The van der Waals surface area contributed by atoms with E-state index in [-0.39, 0.29) is 18.3 Å². The van der Waals surface area contributed by atoms with Crippen molar-refractivity contribution in [3.63, 3.8) is 0 Å². The van der Waals surface area contributed by atoms with Crippen molar-refractivity contribution in [2.75, 3.05) is 31.1 Å². The number of hydrogen-bond donors (Lipinski definition) is 0. The molecule has 0 spiro atoms. The second-order valence-electron chi connectivity index (χ2n) is 7.73. The Morgan fingerprint density at radius 1 is 1.03 bits per heavy atom. The van der Waals surface area contributed by atoms with Gasteiger partial charge in [0.05, 0.1) is 16.6 Å². The van der Waals surface area contributed by atoms with Gasteiger partial charge in [-0.05, 0) is 68.8 Å². The van der Waals surface area contributed by atoms with Gasteiger partial charge < -0.3 is 4.90 Å². The predicted octanol–water partition coefficient (Wildman–Crippen LogP) is 6.32. The zero-order valence-corrected chi connectivity index (χ0v) is 22.1. The lowest BCUT2D eigenvalue weighted by Gasteiger charge is -2.25. The van der Waals surface area contributed by atoms with E-state index in [1.165, 1.54) is 16.7 Å². The SMILES string of the molecule is CCN(CC)CCN(C(=O)Cc1c(C)cc(C)cc1C)c1nc2ccc(Br)cc2s1.Cl. The first-order valence-corrected chi connectivity index (χ1v) is 12.1. The van der Waals surface area contributed by atoms with E-state index < -0.39 is 0 Å². The molecule has 0 aliphatic heterocycles. The summed E-state index contributed by atoms with van der Waals surface area (Å²) in [5.74, 6) is 0.107. The fraction of sp³-hybridized carbons (Fsp3) is 0.417. The summed E-state index contributed by atoms with van der Waals surface area (Å²) in [5.41, 5.74) is 5.65. The molecule has 0 N–H and O–H groups in total. The van der Waals surface area contributed by atoms with Gasteiger partial charge in [-0.2, -0.15) is 0 Å². The molecule has 0 saturated heterocycles. The Bertz CT molecular complexity index is 1030. The van der Waals surface area contributed by atoms with Crippen molar-refractivity contribution in [1.29, 1.82) is 0 Å². The Hall–Kier alpha value is -1.47. The molecule has 0 bridgehead atoms. The number of thiazole rings is 1. The summed E-state index contributed by atoms with van der Waals surface area (Å²) in [6.45, 7) is 14.0. The fourth-order valence-corrected chi connectivity index (χ4v) is 5.41. The Kier molecular flexibility index (Phi) is 9.49. The lowest BCUT2D eigenvalue weighted by molar-refractivity contribution is -0.118. The number of halogens is 2. The number of carbonyl (C=O) groups is 1. The summed E-state index contributed by atoms with van der Waals surface area (Å²) >= 11 is 5.12. The molecule has 0 saturated carbocycles. The zero-order chi connectivity index (χ0) is 21.8. The van der Waals surface area contributed by atoms with Crippen molar-refractivity contribution in [3.05, 3.63) is 57.1 Å². The van der Waals surface area contributed by atoms with Crippen molar-refractivity contribution in [3.8, 4) is 0 Å². The minimum atomic E-state index is 0. The van der Waals surface area contributed by atoms with Gasteiger partial charge in [0, 0.05) is 17.6 Å². The number of aromatic nitrogens is 1. The Labute approximate surface area is 204 Å². The zero-order valence-electron chi connectivity index (χ0n) is 18.9. The quantitative estimate of drug-likeness (QED) is 0.346. The van der Waals surface area contributed by atoms with Crippen molar-refractivity contribution < 1.29 is 4.79 Å². The third-order valence-corrected chi connectivity index (χ3v) is 7.11. The third-order valence-electron chi connectivity index (χ3n) is 5.57. The van der Waals surface area contributed by atoms with Crippen LogP contribution >= 0.6 is 39.7 Å². The van der Waals surface area contributed by atoms with Gasteiger partial charge in [-0.25, -0.2) is 4.98 Å². The Morgan fingerprint density at radius 3 is 2.29 bits per heavy atom. The number of aryl methyl sites for hydroxylation is 3. The summed E-state index contributed by atoms with van der Waals surface area (Å²) < 4.78 is 2.11. The van der Waals surface area contributed by atoms with Crippen molar-refractivity contribution in [2.24, 2.45) is 0 Å². The number of amides is 1. The van der Waals surface area contributed by atoms with Gasteiger partial charge in [-0.1, -0.05) is 58.8 Å². The second-order valence-corrected chi connectivity index (χ2v) is 9.66. The molecule has 0 aliphatic carbocycles. The standard InChI is InChI=1S/C24H30BrN3OS.ClH/c1-6-27(7-2)10-11-28(24-26-21-9-8-19(25)14-22(21)30-24)23(29)15-20-17(4)12-16(3)13-18(20)5;/h8-9,12-14H,6-7,10-11,15H2,1-5H3;1H. The fourth-order valence-electron chi connectivity index (χ4n) is 3.85. The van der Waals surface area contributed by atoms with Gasteiger partial charge in [0.25, 0.3) is 0 Å². The number of carbonyl (C=O) groups excluding carboxylic acids is 1. The van der Waals surface area contributed by atoms with Crippen molar-refractivity contribution in [2.45, 2.75) is 41.0 Å². The Morgan fingerprint density at radius 2 is 1.68 bits per heavy atom. The molecular weight excluding hydrogens is 494 g/mol. The molecule has 0 unspecified atom stereocenters.